The minimum atomic E-state index is -3.57. The van der Waals surface area contributed by atoms with E-state index in [2.05, 4.69) is 5.32 Å². The Labute approximate surface area is 188 Å². The van der Waals surface area contributed by atoms with Crippen LogP contribution in [0.25, 0.3) is 0 Å². The molecule has 3 aromatic rings. The largest absolute Gasteiger partial charge is 0.494 e. The summed E-state index contributed by atoms with van der Waals surface area (Å²) in [6, 6.07) is 20.5. The summed E-state index contributed by atoms with van der Waals surface area (Å²) in [6.07, 6.45) is 0.0754. The van der Waals surface area contributed by atoms with Gasteiger partial charge in [-0.05, 0) is 79.5 Å². The molecule has 1 atom stereocenters. The molecule has 3 aromatic carbocycles. The van der Waals surface area contributed by atoms with Gasteiger partial charge in [0.1, 0.15) is 5.75 Å². The SMILES string of the molecule is CCOc1ccc(S(=O)(=O)c2ccc(CCNC[C@H](O)c3cccc(Cl)c3)cc2)cc1. The van der Waals surface area contributed by atoms with Gasteiger partial charge in [0, 0.05) is 11.6 Å². The van der Waals surface area contributed by atoms with Gasteiger partial charge in [0.15, 0.2) is 0 Å². The second-order valence-electron chi connectivity index (χ2n) is 7.08. The molecule has 0 aromatic heterocycles. The van der Waals surface area contributed by atoms with Crippen molar-refractivity contribution >= 4 is 21.4 Å². The van der Waals surface area contributed by atoms with Crippen molar-refractivity contribution < 1.29 is 18.3 Å². The van der Waals surface area contributed by atoms with Crippen LogP contribution in [-0.2, 0) is 16.3 Å². The maximum atomic E-state index is 12.8. The number of halogens is 1. The lowest BCUT2D eigenvalue weighted by Gasteiger charge is -2.13. The highest BCUT2D eigenvalue weighted by Crippen LogP contribution is 2.23. The fourth-order valence-corrected chi connectivity index (χ4v) is 4.62. The molecule has 31 heavy (non-hydrogen) atoms. The predicted molar refractivity (Wildman–Crippen MR) is 122 cm³/mol. The number of sulfone groups is 1. The molecule has 0 amide bonds. The van der Waals surface area contributed by atoms with Crippen LogP contribution in [0.15, 0.2) is 82.6 Å². The van der Waals surface area contributed by atoms with Crippen LogP contribution in [0.3, 0.4) is 0 Å². The van der Waals surface area contributed by atoms with Gasteiger partial charge in [-0.1, -0.05) is 35.9 Å². The van der Waals surface area contributed by atoms with Crippen molar-refractivity contribution in [3.63, 3.8) is 0 Å². The first-order chi connectivity index (χ1) is 14.9. The minimum absolute atomic E-state index is 0.236. The molecule has 164 valence electrons. The molecule has 0 saturated carbocycles. The Hall–Kier alpha value is -2.38. The van der Waals surface area contributed by atoms with E-state index in [1.165, 1.54) is 0 Å². The summed E-state index contributed by atoms with van der Waals surface area (Å²) in [5.74, 6) is 0.643. The summed E-state index contributed by atoms with van der Waals surface area (Å²) in [7, 11) is -3.57. The number of rotatable bonds is 10. The van der Waals surface area contributed by atoms with E-state index in [0.717, 1.165) is 11.1 Å². The van der Waals surface area contributed by atoms with Gasteiger partial charge >= 0.3 is 0 Å². The molecule has 0 aliphatic carbocycles. The van der Waals surface area contributed by atoms with Crippen molar-refractivity contribution in [2.45, 2.75) is 29.2 Å². The predicted octanol–water partition coefficient (Wildman–Crippen LogP) is 4.44. The van der Waals surface area contributed by atoms with Crippen LogP contribution in [-0.4, -0.2) is 33.2 Å². The van der Waals surface area contributed by atoms with Gasteiger partial charge in [0.2, 0.25) is 9.84 Å². The first kappa shape index (κ1) is 23.3. The standard InChI is InChI=1S/C24H26ClNO4S/c1-2-30-21-8-12-23(13-9-21)31(28,29)22-10-6-18(7-11-22)14-15-26-17-24(27)19-4-3-5-20(25)16-19/h3-13,16,24,26-27H,2,14-15,17H2,1H3/t24-/m0/s1. The molecular weight excluding hydrogens is 434 g/mol. The zero-order valence-electron chi connectivity index (χ0n) is 17.3. The van der Waals surface area contributed by atoms with E-state index in [1.807, 2.05) is 31.2 Å². The second kappa shape index (κ2) is 10.8. The lowest BCUT2D eigenvalue weighted by Crippen LogP contribution is -2.23. The van der Waals surface area contributed by atoms with Crippen LogP contribution in [0.4, 0.5) is 0 Å². The third-order valence-corrected chi connectivity index (χ3v) is 6.86. The Morgan fingerprint density at radius 3 is 2.26 bits per heavy atom. The van der Waals surface area contributed by atoms with Gasteiger partial charge in [-0.3, -0.25) is 0 Å². The summed E-state index contributed by atoms with van der Waals surface area (Å²) >= 11 is 5.95. The van der Waals surface area contributed by atoms with Crippen LogP contribution >= 0.6 is 11.6 Å². The van der Waals surface area contributed by atoms with E-state index in [1.54, 1.807) is 48.5 Å². The molecule has 2 N–H and O–H groups in total. The smallest absolute Gasteiger partial charge is 0.206 e. The van der Waals surface area contributed by atoms with E-state index in [-0.39, 0.29) is 9.79 Å². The first-order valence-corrected chi connectivity index (χ1v) is 12.0. The summed E-state index contributed by atoms with van der Waals surface area (Å²) in [6.45, 7) is 3.47. The van der Waals surface area contributed by atoms with Crippen LogP contribution in [0.5, 0.6) is 5.75 Å². The Bertz CT molecular complexity index is 1080. The van der Waals surface area contributed by atoms with Gasteiger partial charge in [-0.25, -0.2) is 8.42 Å². The van der Waals surface area contributed by atoms with Gasteiger partial charge < -0.3 is 15.2 Å². The number of aliphatic hydroxyl groups is 1. The van der Waals surface area contributed by atoms with Crippen molar-refractivity contribution in [2.24, 2.45) is 0 Å². The van der Waals surface area contributed by atoms with Crippen LogP contribution < -0.4 is 10.1 Å². The second-order valence-corrected chi connectivity index (χ2v) is 9.46. The quantitative estimate of drug-likeness (QED) is 0.438. The number of benzene rings is 3. The Balaban J connectivity index is 1.53. The Morgan fingerprint density at radius 1 is 1.00 bits per heavy atom. The number of ether oxygens (including phenoxy) is 1. The fourth-order valence-electron chi connectivity index (χ4n) is 3.16. The van der Waals surface area contributed by atoms with E-state index < -0.39 is 15.9 Å². The molecule has 7 heteroatoms. The Morgan fingerprint density at radius 2 is 1.65 bits per heavy atom. The summed E-state index contributed by atoms with van der Waals surface area (Å²) < 4.78 is 31.0. The van der Waals surface area contributed by atoms with Crippen molar-refractivity contribution in [3.8, 4) is 5.75 Å². The highest BCUT2D eigenvalue weighted by molar-refractivity contribution is 7.91. The van der Waals surface area contributed by atoms with Crippen molar-refractivity contribution in [2.75, 3.05) is 19.7 Å². The molecule has 0 heterocycles. The van der Waals surface area contributed by atoms with E-state index in [4.69, 9.17) is 16.3 Å². The minimum Gasteiger partial charge on any atom is -0.494 e. The van der Waals surface area contributed by atoms with Crippen LogP contribution in [0, 0.1) is 0 Å². The highest BCUT2D eigenvalue weighted by Gasteiger charge is 2.17. The molecule has 0 radical (unpaired) electrons. The zero-order valence-corrected chi connectivity index (χ0v) is 18.9. The number of hydrogen-bond donors (Lipinski definition) is 2. The van der Waals surface area contributed by atoms with E-state index in [9.17, 15) is 13.5 Å². The zero-order chi connectivity index (χ0) is 22.3. The molecule has 0 unspecified atom stereocenters. The van der Waals surface area contributed by atoms with Crippen molar-refractivity contribution in [3.05, 3.63) is 88.9 Å². The summed E-state index contributed by atoms with van der Waals surface area (Å²) in [4.78, 5) is 0.491. The molecule has 0 aliphatic heterocycles. The molecule has 0 aliphatic rings. The highest BCUT2D eigenvalue weighted by atomic mass is 35.5. The van der Waals surface area contributed by atoms with Gasteiger partial charge in [-0.2, -0.15) is 0 Å². The fraction of sp³-hybridized carbons (Fsp3) is 0.250. The molecule has 0 saturated heterocycles. The monoisotopic (exact) mass is 459 g/mol. The average molecular weight is 460 g/mol. The van der Waals surface area contributed by atoms with E-state index in [0.29, 0.717) is 36.9 Å². The molecule has 3 rings (SSSR count). The third kappa shape index (κ3) is 6.31. The maximum absolute atomic E-state index is 12.8. The lowest BCUT2D eigenvalue weighted by atomic mass is 10.1. The van der Waals surface area contributed by atoms with Crippen LogP contribution in [0.2, 0.25) is 5.02 Å². The third-order valence-electron chi connectivity index (χ3n) is 4.84. The number of aliphatic hydroxyl groups excluding tert-OH is 1. The topological polar surface area (TPSA) is 75.6 Å². The lowest BCUT2D eigenvalue weighted by molar-refractivity contribution is 0.175. The number of hydrogen-bond acceptors (Lipinski definition) is 5. The summed E-state index contributed by atoms with van der Waals surface area (Å²) in [5, 5.41) is 14.0. The van der Waals surface area contributed by atoms with Gasteiger partial charge in [0.05, 0.1) is 22.5 Å². The van der Waals surface area contributed by atoms with Crippen molar-refractivity contribution in [1.29, 1.82) is 0 Å². The molecule has 5 nitrogen and oxygen atoms in total. The normalized spacial score (nSPS) is 12.5. The van der Waals surface area contributed by atoms with Crippen molar-refractivity contribution in [1.82, 2.24) is 5.32 Å². The van der Waals surface area contributed by atoms with E-state index >= 15 is 0 Å². The maximum Gasteiger partial charge on any atom is 0.206 e. The molecular formula is C24H26ClNO4S. The molecule has 0 spiro atoms. The first-order valence-electron chi connectivity index (χ1n) is 10.1. The molecule has 0 fully saturated rings. The van der Waals surface area contributed by atoms with Crippen LogP contribution in [0.1, 0.15) is 24.2 Å². The Kier molecular flexibility index (Phi) is 8.09. The van der Waals surface area contributed by atoms with Gasteiger partial charge in [0.25, 0.3) is 0 Å². The molecule has 0 bridgehead atoms. The summed E-state index contributed by atoms with van der Waals surface area (Å²) in [5.41, 5.74) is 1.78. The average Bonchev–Trinajstić information content (AvgIpc) is 2.77. The van der Waals surface area contributed by atoms with Gasteiger partial charge in [-0.15, -0.1) is 0 Å². The number of nitrogens with one attached hydrogen (secondary N) is 1.